The Kier molecular flexibility index (Phi) is 4.27. The van der Waals surface area contributed by atoms with E-state index in [1.54, 1.807) is 24.3 Å². The van der Waals surface area contributed by atoms with Crippen LogP contribution in [-0.2, 0) is 0 Å². The first-order chi connectivity index (χ1) is 9.45. The molecule has 1 saturated heterocycles. The Balaban J connectivity index is 1.98. The number of carbonyl (C=O) groups excluding carboxylic acids is 2. The molecule has 0 unspecified atom stereocenters. The summed E-state index contributed by atoms with van der Waals surface area (Å²) in [5.74, 6) is 0.588. The van der Waals surface area contributed by atoms with E-state index in [9.17, 15) is 9.59 Å². The average Bonchev–Trinajstić information content (AvgIpc) is 2.38. The monoisotopic (exact) mass is 275 g/mol. The number of likely N-dealkylation sites (tertiary alicyclic amines) is 1. The van der Waals surface area contributed by atoms with Crippen LogP contribution < -0.4 is 11.1 Å². The second-order valence-electron chi connectivity index (χ2n) is 5.72. The van der Waals surface area contributed by atoms with Gasteiger partial charge in [-0.15, -0.1) is 0 Å². The van der Waals surface area contributed by atoms with Gasteiger partial charge in [0.1, 0.15) is 0 Å². The van der Waals surface area contributed by atoms with E-state index in [-0.39, 0.29) is 6.03 Å². The van der Waals surface area contributed by atoms with Gasteiger partial charge in [-0.05, 0) is 42.5 Å². The van der Waals surface area contributed by atoms with Crippen molar-refractivity contribution in [2.24, 2.45) is 17.6 Å². The summed E-state index contributed by atoms with van der Waals surface area (Å²) >= 11 is 0. The molecule has 3 N–H and O–H groups in total. The lowest BCUT2D eigenvalue weighted by Gasteiger charge is -2.34. The number of hydrogen-bond donors (Lipinski definition) is 2. The first-order valence-corrected chi connectivity index (χ1v) is 6.91. The van der Waals surface area contributed by atoms with Gasteiger partial charge in [0.25, 0.3) is 0 Å². The summed E-state index contributed by atoms with van der Waals surface area (Å²) in [6.45, 7) is 5.90. The molecule has 1 aromatic rings. The zero-order chi connectivity index (χ0) is 14.7. The predicted molar refractivity (Wildman–Crippen MR) is 78.5 cm³/mol. The van der Waals surface area contributed by atoms with Gasteiger partial charge in [0.2, 0.25) is 5.91 Å². The molecule has 1 aliphatic heterocycles. The zero-order valence-corrected chi connectivity index (χ0v) is 11.9. The van der Waals surface area contributed by atoms with Gasteiger partial charge in [0.05, 0.1) is 0 Å². The fraction of sp³-hybridized carbons (Fsp3) is 0.467. The van der Waals surface area contributed by atoms with Crippen molar-refractivity contribution in [1.82, 2.24) is 4.90 Å². The van der Waals surface area contributed by atoms with Gasteiger partial charge in [0, 0.05) is 24.3 Å². The van der Waals surface area contributed by atoms with Crippen LogP contribution >= 0.6 is 0 Å². The summed E-state index contributed by atoms with van der Waals surface area (Å²) in [4.78, 5) is 25.0. The van der Waals surface area contributed by atoms with Crippen LogP contribution in [0.15, 0.2) is 24.3 Å². The highest BCUT2D eigenvalue weighted by atomic mass is 16.2. The maximum absolute atomic E-state index is 12.2. The molecule has 0 bridgehead atoms. The van der Waals surface area contributed by atoms with E-state index in [2.05, 4.69) is 19.2 Å². The van der Waals surface area contributed by atoms with E-state index in [4.69, 9.17) is 5.73 Å². The number of hydrogen-bond acceptors (Lipinski definition) is 2. The van der Waals surface area contributed by atoms with Crippen LogP contribution in [0, 0.1) is 11.8 Å². The maximum Gasteiger partial charge on any atom is 0.321 e. The molecule has 2 atom stereocenters. The summed E-state index contributed by atoms with van der Waals surface area (Å²) < 4.78 is 0. The van der Waals surface area contributed by atoms with Gasteiger partial charge in [-0.1, -0.05) is 13.8 Å². The number of carbonyl (C=O) groups is 2. The molecule has 1 aliphatic rings. The summed E-state index contributed by atoms with van der Waals surface area (Å²) in [5.41, 5.74) is 6.28. The molecule has 0 spiro atoms. The number of piperidine rings is 1. The number of anilines is 1. The summed E-state index contributed by atoms with van der Waals surface area (Å²) in [6.07, 6.45) is 1.16. The number of benzene rings is 1. The highest BCUT2D eigenvalue weighted by Crippen LogP contribution is 2.21. The second kappa shape index (κ2) is 5.94. The Morgan fingerprint density at radius 2 is 1.70 bits per heavy atom. The first-order valence-electron chi connectivity index (χ1n) is 6.91. The molecule has 0 aromatic heterocycles. The number of nitrogens with zero attached hydrogens (tertiary/aromatic N) is 1. The van der Waals surface area contributed by atoms with E-state index in [0.717, 1.165) is 19.5 Å². The quantitative estimate of drug-likeness (QED) is 0.869. The first kappa shape index (κ1) is 14.4. The summed E-state index contributed by atoms with van der Waals surface area (Å²) in [7, 11) is 0. The Hall–Kier alpha value is -2.04. The molecule has 2 rings (SSSR count). The van der Waals surface area contributed by atoms with Crippen molar-refractivity contribution in [3.63, 3.8) is 0 Å². The van der Waals surface area contributed by atoms with Crippen molar-refractivity contribution in [2.45, 2.75) is 20.3 Å². The highest BCUT2D eigenvalue weighted by molar-refractivity contribution is 5.94. The fourth-order valence-electron chi connectivity index (χ4n) is 2.75. The second-order valence-corrected chi connectivity index (χ2v) is 5.72. The van der Waals surface area contributed by atoms with Crippen LogP contribution in [0.2, 0.25) is 0 Å². The van der Waals surface area contributed by atoms with Gasteiger partial charge >= 0.3 is 6.03 Å². The number of nitrogens with two attached hydrogens (primary N) is 1. The van der Waals surface area contributed by atoms with Gasteiger partial charge in [-0.25, -0.2) is 4.79 Å². The molecule has 1 heterocycles. The number of urea groups is 1. The van der Waals surface area contributed by atoms with Gasteiger partial charge in [-0.3, -0.25) is 4.79 Å². The van der Waals surface area contributed by atoms with E-state index < -0.39 is 5.91 Å². The number of primary amides is 1. The molecule has 3 amide bonds. The molecule has 0 radical (unpaired) electrons. The molecule has 1 aromatic carbocycles. The van der Waals surface area contributed by atoms with Crippen molar-refractivity contribution in [1.29, 1.82) is 0 Å². The van der Waals surface area contributed by atoms with Crippen molar-refractivity contribution in [2.75, 3.05) is 18.4 Å². The standard InChI is InChI=1S/C15H21N3O2/c1-10-7-11(2)9-18(8-10)15(20)17-13-5-3-12(4-6-13)14(16)19/h3-6,10-11H,7-9H2,1-2H3,(H2,16,19)(H,17,20)/t10-,11-/m0/s1. The zero-order valence-electron chi connectivity index (χ0n) is 11.9. The molecule has 20 heavy (non-hydrogen) atoms. The molecule has 108 valence electrons. The molecular formula is C15H21N3O2. The van der Waals surface area contributed by atoms with Crippen molar-refractivity contribution >= 4 is 17.6 Å². The highest BCUT2D eigenvalue weighted by Gasteiger charge is 2.25. The number of rotatable bonds is 2. The average molecular weight is 275 g/mol. The van der Waals surface area contributed by atoms with Gasteiger partial charge in [-0.2, -0.15) is 0 Å². The molecule has 0 saturated carbocycles. The summed E-state index contributed by atoms with van der Waals surface area (Å²) in [5, 5.41) is 2.85. The normalized spacial score (nSPS) is 22.4. The molecular weight excluding hydrogens is 254 g/mol. The third kappa shape index (κ3) is 3.50. The van der Waals surface area contributed by atoms with E-state index in [0.29, 0.717) is 23.1 Å². The minimum absolute atomic E-state index is 0.0878. The minimum atomic E-state index is -0.471. The smallest absolute Gasteiger partial charge is 0.321 e. The lowest BCUT2D eigenvalue weighted by atomic mass is 9.92. The van der Waals surface area contributed by atoms with Crippen molar-refractivity contribution in [3.05, 3.63) is 29.8 Å². The minimum Gasteiger partial charge on any atom is -0.366 e. The van der Waals surface area contributed by atoms with Crippen molar-refractivity contribution in [3.8, 4) is 0 Å². The largest absolute Gasteiger partial charge is 0.366 e. The molecule has 5 nitrogen and oxygen atoms in total. The van der Waals surface area contributed by atoms with E-state index >= 15 is 0 Å². The van der Waals surface area contributed by atoms with Crippen LogP contribution in [-0.4, -0.2) is 29.9 Å². The SMILES string of the molecule is C[C@H]1C[C@H](C)CN(C(=O)Nc2ccc(C(N)=O)cc2)C1. The van der Waals surface area contributed by atoms with Crippen LogP contribution in [0.3, 0.4) is 0 Å². The topological polar surface area (TPSA) is 75.4 Å². The van der Waals surface area contributed by atoms with E-state index in [1.165, 1.54) is 0 Å². The molecule has 5 heteroatoms. The number of nitrogens with one attached hydrogen (secondary N) is 1. The third-order valence-corrected chi connectivity index (χ3v) is 3.58. The van der Waals surface area contributed by atoms with E-state index in [1.807, 2.05) is 4.90 Å². The van der Waals surface area contributed by atoms with Crippen LogP contribution in [0.5, 0.6) is 0 Å². The Labute approximate surface area is 119 Å². The lowest BCUT2D eigenvalue weighted by Crippen LogP contribution is -2.44. The maximum atomic E-state index is 12.2. The number of amides is 3. The molecule has 0 aliphatic carbocycles. The van der Waals surface area contributed by atoms with Crippen molar-refractivity contribution < 1.29 is 9.59 Å². The third-order valence-electron chi connectivity index (χ3n) is 3.58. The van der Waals surface area contributed by atoms with Crippen LogP contribution in [0.25, 0.3) is 0 Å². The molecule has 1 fully saturated rings. The van der Waals surface area contributed by atoms with Crippen LogP contribution in [0.4, 0.5) is 10.5 Å². The Bertz CT molecular complexity index is 488. The van der Waals surface area contributed by atoms with Gasteiger partial charge in [0.15, 0.2) is 0 Å². The van der Waals surface area contributed by atoms with Crippen LogP contribution in [0.1, 0.15) is 30.6 Å². The van der Waals surface area contributed by atoms with Gasteiger partial charge < -0.3 is 16.0 Å². The Morgan fingerprint density at radius 3 is 2.20 bits per heavy atom. The predicted octanol–water partition coefficient (Wildman–Crippen LogP) is 2.30. The lowest BCUT2D eigenvalue weighted by molar-refractivity contribution is 0.100. The Morgan fingerprint density at radius 1 is 1.15 bits per heavy atom. The summed E-state index contributed by atoms with van der Waals surface area (Å²) in [6, 6.07) is 6.51. The fourth-order valence-corrected chi connectivity index (χ4v) is 2.75.